The van der Waals surface area contributed by atoms with E-state index in [9.17, 15) is 0 Å². The van der Waals surface area contributed by atoms with Gasteiger partial charge in [0.1, 0.15) is 12.1 Å². The van der Waals surface area contributed by atoms with Crippen LogP contribution in [0.25, 0.3) is 21.3 Å². The van der Waals surface area contributed by atoms with Gasteiger partial charge in [-0.2, -0.15) is 0 Å². The molecule has 0 bridgehead atoms. The van der Waals surface area contributed by atoms with Crippen LogP contribution in [-0.4, -0.2) is 16.5 Å². The van der Waals surface area contributed by atoms with Gasteiger partial charge in [-0.05, 0) is 29.7 Å². The van der Waals surface area contributed by atoms with E-state index in [1.807, 2.05) is 0 Å². The van der Waals surface area contributed by atoms with Gasteiger partial charge < -0.3 is 5.32 Å². The molecular formula is C17H19N3S. The van der Waals surface area contributed by atoms with E-state index in [4.69, 9.17) is 0 Å². The van der Waals surface area contributed by atoms with Crippen LogP contribution in [0.2, 0.25) is 0 Å². The molecule has 0 radical (unpaired) electrons. The maximum Gasteiger partial charge on any atom is 0.133 e. The zero-order valence-electron chi connectivity index (χ0n) is 12.4. The summed E-state index contributed by atoms with van der Waals surface area (Å²) in [6.07, 6.45) is 3.67. The maximum absolute atomic E-state index is 4.57. The molecule has 0 aliphatic rings. The first-order valence-corrected chi connectivity index (χ1v) is 8.27. The second-order valence-corrected chi connectivity index (χ2v) is 5.89. The maximum atomic E-state index is 4.57. The van der Waals surface area contributed by atoms with Gasteiger partial charge in [-0.1, -0.05) is 32.0 Å². The van der Waals surface area contributed by atoms with E-state index in [0.717, 1.165) is 30.9 Å². The van der Waals surface area contributed by atoms with Crippen molar-refractivity contribution in [2.24, 2.45) is 0 Å². The van der Waals surface area contributed by atoms with Crippen LogP contribution in [0, 0.1) is 0 Å². The summed E-state index contributed by atoms with van der Waals surface area (Å²) in [6.45, 7) is 5.26. The third-order valence-electron chi connectivity index (χ3n) is 3.58. The Bertz CT molecular complexity index is 749. The van der Waals surface area contributed by atoms with Crippen LogP contribution in [0.4, 0.5) is 5.82 Å². The van der Waals surface area contributed by atoms with E-state index in [2.05, 4.69) is 58.8 Å². The molecule has 3 nitrogen and oxygen atoms in total. The molecular weight excluding hydrogens is 278 g/mol. The number of nitrogens with one attached hydrogen (secondary N) is 1. The first-order chi connectivity index (χ1) is 10.3. The van der Waals surface area contributed by atoms with Crippen molar-refractivity contribution < 1.29 is 0 Å². The normalized spacial score (nSPS) is 11.0. The van der Waals surface area contributed by atoms with E-state index in [1.54, 1.807) is 17.7 Å². The molecule has 0 saturated heterocycles. The Hall–Kier alpha value is -1.94. The summed E-state index contributed by atoms with van der Waals surface area (Å²) >= 11 is 1.77. The predicted octanol–water partition coefficient (Wildman–Crippen LogP) is 4.74. The number of aromatic nitrogens is 2. The zero-order valence-corrected chi connectivity index (χ0v) is 13.2. The molecule has 3 aromatic rings. The third-order valence-corrected chi connectivity index (χ3v) is 4.54. The van der Waals surface area contributed by atoms with Gasteiger partial charge in [-0.3, -0.25) is 0 Å². The van der Waals surface area contributed by atoms with Crippen molar-refractivity contribution in [3.63, 3.8) is 0 Å². The van der Waals surface area contributed by atoms with E-state index < -0.39 is 0 Å². The minimum atomic E-state index is 0.921. The summed E-state index contributed by atoms with van der Waals surface area (Å²) in [7, 11) is 0. The van der Waals surface area contributed by atoms with Crippen LogP contribution in [0.5, 0.6) is 0 Å². The molecule has 2 heterocycles. The quantitative estimate of drug-likeness (QED) is 0.739. The summed E-state index contributed by atoms with van der Waals surface area (Å²) < 4.78 is 1.30. The molecule has 0 saturated carbocycles. The highest BCUT2D eigenvalue weighted by Gasteiger charge is 2.14. The number of rotatable bonds is 5. The van der Waals surface area contributed by atoms with Crippen LogP contribution < -0.4 is 5.32 Å². The largest absolute Gasteiger partial charge is 0.370 e. The van der Waals surface area contributed by atoms with Crippen molar-refractivity contribution in [1.82, 2.24) is 9.97 Å². The van der Waals surface area contributed by atoms with Crippen molar-refractivity contribution in [2.45, 2.75) is 26.7 Å². The summed E-state index contributed by atoms with van der Waals surface area (Å²) in [5.41, 5.74) is 3.47. The van der Waals surface area contributed by atoms with Crippen molar-refractivity contribution in [3.05, 3.63) is 41.5 Å². The van der Waals surface area contributed by atoms with E-state index in [0.29, 0.717) is 0 Å². The van der Waals surface area contributed by atoms with Gasteiger partial charge in [-0.25, -0.2) is 9.97 Å². The summed E-state index contributed by atoms with van der Waals surface area (Å²) in [4.78, 5) is 9.00. The number of benzene rings is 1. The van der Waals surface area contributed by atoms with Crippen molar-refractivity contribution in [2.75, 3.05) is 11.9 Å². The third kappa shape index (κ3) is 2.63. The number of nitrogens with zero attached hydrogens (tertiary/aromatic N) is 2. The van der Waals surface area contributed by atoms with Crippen LogP contribution in [-0.2, 0) is 6.42 Å². The highest BCUT2D eigenvalue weighted by molar-refractivity contribution is 7.17. The van der Waals surface area contributed by atoms with E-state index in [-0.39, 0.29) is 0 Å². The minimum Gasteiger partial charge on any atom is -0.370 e. The molecule has 3 rings (SSSR count). The number of fused-ring (bicyclic) bond motifs is 1. The Labute approximate surface area is 129 Å². The average molecular weight is 297 g/mol. The monoisotopic (exact) mass is 297 g/mol. The Kier molecular flexibility index (Phi) is 4.15. The lowest BCUT2D eigenvalue weighted by molar-refractivity contribution is 0.950. The Morgan fingerprint density at radius 2 is 2.05 bits per heavy atom. The molecule has 0 aliphatic heterocycles. The number of thiophene rings is 1. The number of hydrogen-bond donors (Lipinski definition) is 1. The van der Waals surface area contributed by atoms with Gasteiger partial charge in [-0.15, -0.1) is 11.3 Å². The molecule has 108 valence electrons. The Morgan fingerprint density at radius 3 is 2.86 bits per heavy atom. The molecule has 0 amide bonds. The molecule has 4 heteroatoms. The zero-order chi connectivity index (χ0) is 14.7. The number of anilines is 1. The topological polar surface area (TPSA) is 37.8 Å². The summed E-state index contributed by atoms with van der Waals surface area (Å²) in [5, 5.41) is 6.83. The van der Waals surface area contributed by atoms with E-state index >= 15 is 0 Å². The summed E-state index contributed by atoms with van der Waals surface area (Å²) in [6, 6.07) is 8.57. The highest BCUT2D eigenvalue weighted by Crippen LogP contribution is 2.34. The molecule has 0 atom stereocenters. The average Bonchev–Trinajstić information content (AvgIpc) is 3.01. The molecule has 0 aliphatic carbocycles. The first kappa shape index (κ1) is 14.0. The van der Waals surface area contributed by atoms with Crippen molar-refractivity contribution in [1.29, 1.82) is 0 Å². The fourth-order valence-electron chi connectivity index (χ4n) is 2.55. The predicted molar refractivity (Wildman–Crippen MR) is 91.0 cm³/mol. The fraction of sp³-hybridized carbons (Fsp3) is 0.294. The molecule has 0 fully saturated rings. The highest BCUT2D eigenvalue weighted by atomic mass is 32.1. The van der Waals surface area contributed by atoms with Crippen LogP contribution in [0.3, 0.4) is 0 Å². The van der Waals surface area contributed by atoms with Gasteiger partial charge in [0.25, 0.3) is 0 Å². The van der Waals surface area contributed by atoms with Crippen LogP contribution in [0.1, 0.15) is 25.8 Å². The van der Waals surface area contributed by atoms with Gasteiger partial charge in [0.05, 0.1) is 5.69 Å². The molecule has 21 heavy (non-hydrogen) atoms. The SMILES string of the molecule is CCCNc1ncnc(-c2cccc3ccsc23)c1CC. The Morgan fingerprint density at radius 1 is 1.14 bits per heavy atom. The number of hydrogen-bond acceptors (Lipinski definition) is 4. The Balaban J connectivity index is 2.15. The molecule has 2 aromatic heterocycles. The molecule has 0 spiro atoms. The second kappa shape index (κ2) is 6.22. The second-order valence-electron chi connectivity index (χ2n) is 4.97. The lowest BCUT2D eigenvalue weighted by Crippen LogP contribution is -2.07. The first-order valence-electron chi connectivity index (χ1n) is 7.39. The van der Waals surface area contributed by atoms with Gasteiger partial charge >= 0.3 is 0 Å². The molecule has 0 unspecified atom stereocenters. The standard InChI is InChI=1S/C17H19N3S/c1-3-9-18-17-13(4-2)15(19-11-20-17)14-7-5-6-12-8-10-21-16(12)14/h5-8,10-11H,3-4,9H2,1-2H3,(H,18,19,20). The fourth-order valence-corrected chi connectivity index (χ4v) is 3.47. The molecule has 1 N–H and O–H groups in total. The van der Waals surface area contributed by atoms with Crippen LogP contribution >= 0.6 is 11.3 Å². The van der Waals surface area contributed by atoms with Gasteiger partial charge in [0.15, 0.2) is 0 Å². The van der Waals surface area contributed by atoms with Crippen molar-refractivity contribution >= 4 is 27.2 Å². The van der Waals surface area contributed by atoms with Gasteiger partial charge in [0.2, 0.25) is 0 Å². The smallest absolute Gasteiger partial charge is 0.133 e. The van der Waals surface area contributed by atoms with Gasteiger partial charge in [0, 0.05) is 22.4 Å². The molecule has 1 aromatic carbocycles. The lowest BCUT2D eigenvalue weighted by atomic mass is 10.0. The minimum absolute atomic E-state index is 0.921. The lowest BCUT2D eigenvalue weighted by Gasteiger charge is -2.13. The van der Waals surface area contributed by atoms with Crippen molar-refractivity contribution in [3.8, 4) is 11.3 Å². The summed E-state index contributed by atoms with van der Waals surface area (Å²) in [5.74, 6) is 0.970. The van der Waals surface area contributed by atoms with Crippen LogP contribution in [0.15, 0.2) is 36.0 Å². The van der Waals surface area contributed by atoms with E-state index in [1.165, 1.54) is 21.2 Å².